The summed E-state index contributed by atoms with van der Waals surface area (Å²) in [6, 6.07) is 5.04. The number of thiophene rings is 1. The molecule has 1 saturated heterocycles. The molecule has 0 atom stereocenters. The highest BCUT2D eigenvalue weighted by Gasteiger charge is 2.29. The first-order valence-electron chi connectivity index (χ1n) is 7.06. The predicted molar refractivity (Wildman–Crippen MR) is 80.1 cm³/mol. The molecule has 1 N–H and O–H groups in total. The van der Waals surface area contributed by atoms with E-state index in [1.165, 1.54) is 37.4 Å². The van der Waals surface area contributed by atoms with E-state index in [1.54, 1.807) is 0 Å². The summed E-state index contributed by atoms with van der Waals surface area (Å²) in [6.45, 7) is 11.8. The van der Waals surface area contributed by atoms with E-state index in [4.69, 9.17) is 0 Å². The molecule has 0 amide bonds. The van der Waals surface area contributed by atoms with Gasteiger partial charge in [-0.2, -0.15) is 0 Å². The molecular weight excluding hydrogens is 240 g/mol. The lowest BCUT2D eigenvalue weighted by Crippen LogP contribution is -2.44. The maximum Gasteiger partial charge on any atom is 0.0330 e. The standard InChI is InChI=1S/C15H26N2S/c1-13(2)17(11-14-5-4-10-18-14)12-15(3)6-8-16-9-7-15/h4-5,10,13,16H,6-9,11-12H2,1-3H3. The van der Waals surface area contributed by atoms with Gasteiger partial charge in [0.1, 0.15) is 0 Å². The molecule has 102 valence electrons. The van der Waals surface area contributed by atoms with Crippen LogP contribution in [0.4, 0.5) is 0 Å². The summed E-state index contributed by atoms with van der Waals surface area (Å²) in [5, 5.41) is 5.65. The van der Waals surface area contributed by atoms with Crippen molar-refractivity contribution in [2.24, 2.45) is 5.41 Å². The largest absolute Gasteiger partial charge is 0.317 e. The van der Waals surface area contributed by atoms with E-state index >= 15 is 0 Å². The molecule has 1 aromatic rings. The van der Waals surface area contributed by atoms with Crippen molar-refractivity contribution >= 4 is 11.3 Å². The first kappa shape index (κ1) is 14.0. The highest BCUT2D eigenvalue weighted by Crippen LogP contribution is 2.30. The van der Waals surface area contributed by atoms with E-state index in [1.807, 2.05) is 11.3 Å². The van der Waals surface area contributed by atoms with Gasteiger partial charge in [-0.1, -0.05) is 13.0 Å². The summed E-state index contributed by atoms with van der Waals surface area (Å²) in [5.74, 6) is 0. The van der Waals surface area contributed by atoms with E-state index in [0.29, 0.717) is 11.5 Å². The van der Waals surface area contributed by atoms with Gasteiger partial charge in [0.15, 0.2) is 0 Å². The molecule has 1 aliphatic heterocycles. The van der Waals surface area contributed by atoms with Crippen LogP contribution in [0, 0.1) is 5.41 Å². The number of hydrogen-bond donors (Lipinski definition) is 1. The van der Waals surface area contributed by atoms with Gasteiger partial charge in [0.25, 0.3) is 0 Å². The highest BCUT2D eigenvalue weighted by molar-refractivity contribution is 7.09. The van der Waals surface area contributed by atoms with Crippen molar-refractivity contribution in [3.8, 4) is 0 Å². The van der Waals surface area contributed by atoms with Crippen LogP contribution in [0.5, 0.6) is 0 Å². The van der Waals surface area contributed by atoms with Gasteiger partial charge < -0.3 is 5.32 Å². The van der Waals surface area contributed by atoms with Crippen molar-refractivity contribution in [3.05, 3.63) is 22.4 Å². The first-order chi connectivity index (χ1) is 8.59. The van der Waals surface area contributed by atoms with Crippen molar-refractivity contribution in [1.82, 2.24) is 10.2 Å². The molecule has 0 spiro atoms. The second-order valence-corrected chi connectivity index (χ2v) is 7.17. The third-order valence-corrected chi connectivity index (χ3v) is 4.93. The van der Waals surface area contributed by atoms with Crippen LogP contribution in [-0.4, -0.2) is 30.6 Å². The Kier molecular flexibility index (Phi) is 4.82. The number of hydrogen-bond acceptors (Lipinski definition) is 3. The minimum atomic E-state index is 0.493. The number of piperidine rings is 1. The van der Waals surface area contributed by atoms with Gasteiger partial charge in [-0.25, -0.2) is 0 Å². The van der Waals surface area contributed by atoms with Gasteiger partial charge in [-0.3, -0.25) is 4.90 Å². The third-order valence-electron chi connectivity index (χ3n) is 4.06. The Bertz CT molecular complexity index is 339. The summed E-state index contributed by atoms with van der Waals surface area (Å²) < 4.78 is 0. The summed E-state index contributed by atoms with van der Waals surface area (Å²) >= 11 is 1.88. The fraction of sp³-hybridized carbons (Fsp3) is 0.733. The maximum atomic E-state index is 3.47. The monoisotopic (exact) mass is 266 g/mol. The molecule has 2 nitrogen and oxygen atoms in total. The zero-order valence-corrected chi connectivity index (χ0v) is 12.7. The van der Waals surface area contributed by atoms with Gasteiger partial charge in [0.2, 0.25) is 0 Å². The summed E-state index contributed by atoms with van der Waals surface area (Å²) in [4.78, 5) is 4.12. The fourth-order valence-corrected chi connectivity index (χ4v) is 3.43. The van der Waals surface area contributed by atoms with Crippen LogP contribution in [-0.2, 0) is 6.54 Å². The zero-order chi connectivity index (χ0) is 13.0. The lowest BCUT2D eigenvalue weighted by molar-refractivity contribution is 0.100. The van der Waals surface area contributed by atoms with Crippen molar-refractivity contribution in [2.75, 3.05) is 19.6 Å². The number of nitrogens with one attached hydrogen (secondary N) is 1. The van der Waals surface area contributed by atoms with Crippen molar-refractivity contribution in [3.63, 3.8) is 0 Å². The average Bonchev–Trinajstić information content (AvgIpc) is 2.81. The van der Waals surface area contributed by atoms with E-state index in [0.717, 1.165) is 6.54 Å². The Hall–Kier alpha value is -0.380. The number of rotatable bonds is 5. The second kappa shape index (κ2) is 6.18. The molecule has 1 aromatic heterocycles. The molecule has 0 unspecified atom stereocenters. The lowest BCUT2D eigenvalue weighted by Gasteiger charge is -2.40. The van der Waals surface area contributed by atoms with Gasteiger partial charge in [0, 0.05) is 24.0 Å². The molecule has 0 saturated carbocycles. The van der Waals surface area contributed by atoms with E-state index in [9.17, 15) is 0 Å². The fourth-order valence-electron chi connectivity index (χ4n) is 2.70. The van der Waals surface area contributed by atoms with E-state index in [2.05, 4.69) is 48.5 Å². The first-order valence-corrected chi connectivity index (χ1v) is 7.94. The summed E-state index contributed by atoms with van der Waals surface area (Å²) in [5.41, 5.74) is 0.493. The topological polar surface area (TPSA) is 15.3 Å². The molecule has 1 aliphatic rings. The maximum absolute atomic E-state index is 3.47. The quantitative estimate of drug-likeness (QED) is 0.879. The smallest absolute Gasteiger partial charge is 0.0330 e. The van der Waals surface area contributed by atoms with Crippen LogP contribution in [0.1, 0.15) is 38.5 Å². The second-order valence-electron chi connectivity index (χ2n) is 6.14. The van der Waals surface area contributed by atoms with Crippen molar-refractivity contribution in [2.45, 2.75) is 46.2 Å². The van der Waals surface area contributed by atoms with Crippen molar-refractivity contribution in [1.29, 1.82) is 0 Å². The molecule has 2 rings (SSSR count). The molecule has 18 heavy (non-hydrogen) atoms. The molecule has 1 fully saturated rings. The SMILES string of the molecule is CC(C)N(Cc1cccs1)CC1(C)CCNCC1. The van der Waals surface area contributed by atoms with Crippen LogP contribution in [0.25, 0.3) is 0 Å². The van der Waals surface area contributed by atoms with Gasteiger partial charge >= 0.3 is 0 Å². The Balaban J connectivity index is 1.97. The zero-order valence-electron chi connectivity index (χ0n) is 11.9. The third kappa shape index (κ3) is 3.81. The van der Waals surface area contributed by atoms with Crippen LogP contribution in [0.15, 0.2) is 17.5 Å². The Labute approximate surface area is 115 Å². The van der Waals surface area contributed by atoms with Gasteiger partial charge in [-0.15, -0.1) is 11.3 Å². The molecule has 0 aliphatic carbocycles. The van der Waals surface area contributed by atoms with Crippen molar-refractivity contribution < 1.29 is 0 Å². The van der Waals surface area contributed by atoms with Crippen LogP contribution >= 0.6 is 11.3 Å². The van der Waals surface area contributed by atoms with Crippen LogP contribution < -0.4 is 5.32 Å². The van der Waals surface area contributed by atoms with E-state index < -0.39 is 0 Å². The van der Waals surface area contributed by atoms with E-state index in [-0.39, 0.29) is 0 Å². The summed E-state index contributed by atoms with van der Waals surface area (Å²) in [6.07, 6.45) is 2.61. The number of nitrogens with zero attached hydrogens (tertiary/aromatic N) is 1. The van der Waals surface area contributed by atoms with Crippen LogP contribution in [0.2, 0.25) is 0 Å². The molecule has 0 radical (unpaired) electrons. The van der Waals surface area contributed by atoms with Gasteiger partial charge in [-0.05, 0) is 56.6 Å². The molecule has 0 aromatic carbocycles. The minimum Gasteiger partial charge on any atom is -0.317 e. The summed E-state index contributed by atoms with van der Waals surface area (Å²) in [7, 11) is 0. The Morgan fingerprint density at radius 1 is 1.39 bits per heavy atom. The Morgan fingerprint density at radius 2 is 2.11 bits per heavy atom. The Morgan fingerprint density at radius 3 is 2.67 bits per heavy atom. The predicted octanol–water partition coefficient (Wildman–Crippen LogP) is 3.35. The molecule has 0 bridgehead atoms. The molecule has 3 heteroatoms. The highest BCUT2D eigenvalue weighted by atomic mass is 32.1. The normalized spacial score (nSPS) is 19.6. The average molecular weight is 266 g/mol. The molecular formula is C15H26N2S. The van der Waals surface area contributed by atoms with Crippen LogP contribution in [0.3, 0.4) is 0 Å². The van der Waals surface area contributed by atoms with Gasteiger partial charge in [0.05, 0.1) is 0 Å². The minimum absolute atomic E-state index is 0.493. The molecule has 2 heterocycles. The lowest BCUT2D eigenvalue weighted by atomic mass is 9.80.